The first-order valence-corrected chi connectivity index (χ1v) is 6.60. The molecule has 1 nitrogen and oxygen atoms in total. The zero-order valence-corrected chi connectivity index (χ0v) is 11.9. The third kappa shape index (κ3) is 3.39. The van der Waals surface area contributed by atoms with E-state index >= 15 is 0 Å². The molecule has 2 rings (SSSR count). The first-order chi connectivity index (χ1) is 8.88. The van der Waals surface area contributed by atoms with Gasteiger partial charge in [0, 0.05) is 6.42 Å². The molecule has 0 bridgehead atoms. The molecule has 19 heavy (non-hydrogen) atoms. The lowest BCUT2D eigenvalue weighted by atomic mass is 9.89. The normalized spacial score (nSPS) is 14.2. The summed E-state index contributed by atoms with van der Waals surface area (Å²) >= 11 is 3.10. The molecule has 2 aromatic carbocycles. The topological polar surface area (TPSA) is 20.2 Å². The largest absolute Gasteiger partial charge is 0.385 e. The second kappa shape index (κ2) is 5.39. The van der Waals surface area contributed by atoms with E-state index in [-0.39, 0.29) is 12.2 Å². The maximum absolute atomic E-state index is 13.2. The van der Waals surface area contributed by atoms with Crippen LogP contribution in [0.2, 0.25) is 0 Å². The Balaban J connectivity index is 2.27. The third-order valence-corrected chi connectivity index (χ3v) is 3.59. The van der Waals surface area contributed by atoms with Gasteiger partial charge in [-0.3, -0.25) is 0 Å². The van der Waals surface area contributed by atoms with Crippen LogP contribution in [0.1, 0.15) is 18.1 Å². The fourth-order valence-electron chi connectivity index (χ4n) is 1.97. The molecule has 0 saturated carbocycles. The molecule has 0 saturated heterocycles. The Labute approximate surface area is 119 Å². The van der Waals surface area contributed by atoms with E-state index in [0.29, 0.717) is 10.0 Å². The molecule has 0 heterocycles. The van der Waals surface area contributed by atoms with E-state index in [2.05, 4.69) is 15.9 Å². The van der Waals surface area contributed by atoms with Gasteiger partial charge in [-0.05, 0) is 58.2 Å². The average molecular weight is 327 g/mol. The van der Waals surface area contributed by atoms with Crippen molar-refractivity contribution in [1.82, 2.24) is 0 Å². The Morgan fingerprint density at radius 3 is 2.53 bits per heavy atom. The molecule has 0 amide bonds. The van der Waals surface area contributed by atoms with Gasteiger partial charge in [0.1, 0.15) is 11.6 Å². The molecule has 0 radical (unpaired) electrons. The average Bonchev–Trinajstić information content (AvgIpc) is 2.33. The molecule has 2 aromatic rings. The fourth-order valence-corrected chi connectivity index (χ4v) is 2.40. The highest BCUT2D eigenvalue weighted by Crippen LogP contribution is 2.27. The maximum Gasteiger partial charge on any atom is 0.137 e. The van der Waals surface area contributed by atoms with Crippen molar-refractivity contribution in [2.75, 3.05) is 0 Å². The van der Waals surface area contributed by atoms with Crippen molar-refractivity contribution in [3.05, 3.63) is 69.7 Å². The van der Waals surface area contributed by atoms with Crippen LogP contribution in [0.15, 0.2) is 46.9 Å². The Morgan fingerprint density at radius 2 is 1.89 bits per heavy atom. The van der Waals surface area contributed by atoms with Crippen LogP contribution >= 0.6 is 15.9 Å². The molecular weight excluding hydrogens is 314 g/mol. The summed E-state index contributed by atoms with van der Waals surface area (Å²) in [7, 11) is 0. The maximum atomic E-state index is 13.2. The summed E-state index contributed by atoms with van der Waals surface area (Å²) in [6, 6.07) is 10.4. The zero-order chi connectivity index (χ0) is 14.0. The quantitative estimate of drug-likeness (QED) is 0.897. The van der Waals surface area contributed by atoms with Crippen molar-refractivity contribution >= 4 is 15.9 Å². The molecule has 0 fully saturated rings. The summed E-state index contributed by atoms with van der Waals surface area (Å²) in [5.74, 6) is -0.743. The van der Waals surface area contributed by atoms with Gasteiger partial charge in [-0.1, -0.05) is 18.2 Å². The standard InChI is InChI=1S/C15H13BrF2O/c1-15(19,11-3-2-4-12(17)8-11)9-10-5-6-14(18)13(16)7-10/h2-8,19H,9H2,1H3. The minimum atomic E-state index is -1.21. The monoisotopic (exact) mass is 326 g/mol. The lowest BCUT2D eigenvalue weighted by molar-refractivity contribution is 0.0572. The minimum absolute atomic E-state index is 0.273. The summed E-state index contributed by atoms with van der Waals surface area (Å²) in [6.07, 6.45) is 0.273. The molecule has 0 aromatic heterocycles. The van der Waals surface area contributed by atoms with Crippen molar-refractivity contribution in [3.8, 4) is 0 Å². The van der Waals surface area contributed by atoms with Crippen LogP contribution in [0, 0.1) is 11.6 Å². The molecule has 0 aliphatic heterocycles. The van der Waals surface area contributed by atoms with Gasteiger partial charge in [0.15, 0.2) is 0 Å². The van der Waals surface area contributed by atoms with E-state index in [9.17, 15) is 13.9 Å². The third-order valence-electron chi connectivity index (χ3n) is 2.98. The molecule has 1 N–H and O–H groups in total. The van der Waals surface area contributed by atoms with Crippen LogP contribution in [-0.4, -0.2) is 5.11 Å². The number of rotatable bonds is 3. The number of halogens is 3. The second-order valence-electron chi connectivity index (χ2n) is 4.71. The highest BCUT2D eigenvalue weighted by atomic mass is 79.9. The summed E-state index contributed by atoms with van der Waals surface area (Å²) in [5.41, 5.74) is 0.0507. The van der Waals surface area contributed by atoms with E-state index in [1.54, 1.807) is 31.2 Å². The van der Waals surface area contributed by atoms with Crippen LogP contribution in [-0.2, 0) is 12.0 Å². The van der Waals surface area contributed by atoms with Crippen molar-refractivity contribution in [3.63, 3.8) is 0 Å². The van der Waals surface area contributed by atoms with Gasteiger partial charge in [-0.2, -0.15) is 0 Å². The number of aliphatic hydroxyl groups is 1. The Bertz CT molecular complexity index is 596. The van der Waals surface area contributed by atoms with Gasteiger partial charge in [-0.25, -0.2) is 8.78 Å². The molecule has 100 valence electrons. The molecular formula is C15H13BrF2O. The van der Waals surface area contributed by atoms with Crippen molar-refractivity contribution in [2.24, 2.45) is 0 Å². The van der Waals surface area contributed by atoms with Gasteiger partial charge in [0.2, 0.25) is 0 Å². The van der Waals surface area contributed by atoms with E-state index in [1.165, 1.54) is 18.2 Å². The Kier molecular flexibility index (Phi) is 4.02. The lowest BCUT2D eigenvalue weighted by Crippen LogP contribution is -2.24. The number of benzene rings is 2. The molecule has 1 unspecified atom stereocenters. The van der Waals surface area contributed by atoms with Gasteiger partial charge in [0.05, 0.1) is 10.1 Å². The molecule has 0 spiro atoms. The van der Waals surface area contributed by atoms with Crippen LogP contribution in [0.5, 0.6) is 0 Å². The summed E-state index contributed by atoms with van der Waals surface area (Å²) in [5, 5.41) is 10.4. The van der Waals surface area contributed by atoms with Gasteiger partial charge in [-0.15, -0.1) is 0 Å². The van der Waals surface area contributed by atoms with Crippen LogP contribution in [0.25, 0.3) is 0 Å². The second-order valence-corrected chi connectivity index (χ2v) is 5.56. The van der Waals surface area contributed by atoms with Crippen LogP contribution < -0.4 is 0 Å². The summed E-state index contributed by atoms with van der Waals surface area (Å²) in [6.45, 7) is 1.61. The van der Waals surface area contributed by atoms with E-state index in [4.69, 9.17) is 0 Å². The molecule has 4 heteroatoms. The lowest BCUT2D eigenvalue weighted by Gasteiger charge is -2.24. The molecule has 0 aliphatic carbocycles. The van der Waals surface area contributed by atoms with Gasteiger partial charge < -0.3 is 5.11 Å². The first kappa shape index (κ1) is 14.2. The predicted molar refractivity (Wildman–Crippen MR) is 73.8 cm³/mol. The zero-order valence-electron chi connectivity index (χ0n) is 10.3. The van der Waals surface area contributed by atoms with Crippen molar-refractivity contribution in [2.45, 2.75) is 18.9 Å². The Morgan fingerprint density at radius 1 is 1.16 bits per heavy atom. The molecule has 1 atom stereocenters. The van der Waals surface area contributed by atoms with Crippen LogP contribution in [0.4, 0.5) is 8.78 Å². The van der Waals surface area contributed by atoms with Crippen molar-refractivity contribution in [1.29, 1.82) is 0 Å². The number of hydrogen-bond donors (Lipinski definition) is 1. The van der Waals surface area contributed by atoms with E-state index in [1.807, 2.05) is 0 Å². The van der Waals surface area contributed by atoms with Crippen LogP contribution in [0.3, 0.4) is 0 Å². The van der Waals surface area contributed by atoms with Gasteiger partial charge >= 0.3 is 0 Å². The minimum Gasteiger partial charge on any atom is -0.385 e. The molecule has 0 aliphatic rings. The van der Waals surface area contributed by atoms with Crippen molar-refractivity contribution < 1.29 is 13.9 Å². The Hall–Kier alpha value is -1.26. The van der Waals surface area contributed by atoms with E-state index < -0.39 is 11.4 Å². The highest BCUT2D eigenvalue weighted by Gasteiger charge is 2.24. The van der Waals surface area contributed by atoms with Gasteiger partial charge in [0.25, 0.3) is 0 Å². The summed E-state index contributed by atoms with van der Waals surface area (Å²) < 4.78 is 26.7. The predicted octanol–water partition coefficient (Wildman–Crippen LogP) is 4.18. The summed E-state index contributed by atoms with van der Waals surface area (Å²) in [4.78, 5) is 0. The smallest absolute Gasteiger partial charge is 0.137 e. The number of hydrogen-bond acceptors (Lipinski definition) is 1. The van der Waals surface area contributed by atoms with E-state index in [0.717, 1.165) is 5.56 Å². The highest BCUT2D eigenvalue weighted by molar-refractivity contribution is 9.10. The SMILES string of the molecule is CC(O)(Cc1ccc(F)c(Br)c1)c1cccc(F)c1. The fraction of sp³-hybridized carbons (Fsp3) is 0.200. The first-order valence-electron chi connectivity index (χ1n) is 5.81.